The largest absolute Gasteiger partial charge is 0.489 e. The molecule has 2 aromatic heterocycles. The Morgan fingerprint density at radius 3 is 2.20 bits per heavy atom. The molecule has 5 aromatic rings. The maximum Gasteiger partial charge on any atom is 0.356 e. The van der Waals surface area contributed by atoms with E-state index in [-0.39, 0.29) is 11.3 Å². The number of carbonyl (C=O) groups is 1. The molecular formula is C28H23N3O4. The van der Waals surface area contributed by atoms with E-state index in [0.717, 1.165) is 21.2 Å². The molecule has 0 radical (unpaired) electrons. The van der Waals surface area contributed by atoms with Crippen molar-refractivity contribution >= 4 is 11.6 Å². The van der Waals surface area contributed by atoms with Crippen LogP contribution in [0.2, 0.25) is 0 Å². The van der Waals surface area contributed by atoms with Gasteiger partial charge in [-0.3, -0.25) is 4.79 Å². The van der Waals surface area contributed by atoms with Gasteiger partial charge >= 0.3 is 5.97 Å². The van der Waals surface area contributed by atoms with Gasteiger partial charge in [0.1, 0.15) is 18.0 Å². The maximum absolute atomic E-state index is 13.4. The monoisotopic (exact) mass is 465 g/mol. The number of hydrogen-bond donors (Lipinski definition) is 2. The number of benzene rings is 3. The summed E-state index contributed by atoms with van der Waals surface area (Å²) in [6.45, 7) is 0.457. The highest BCUT2D eigenvalue weighted by atomic mass is 16.5. The van der Waals surface area contributed by atoms with E-state index < -0.39 is 5.97 Å². The van der Waals surface area contributed by atoms with E-state index in [9.17, 15) is 14.7 Å². The van der Waals surface area contributed by atoms with Crippen LogP contribution >= 0.6 is 0 Å². The van der Waals surface area contributed by atoms with Crippen molar-refractivity contribution in [3.05, 3.63) is 124 Å². The Morgan fingerprint density at radius 2 is 1.54 bits per heavy atom. The van der Waals surface area contributed by atoms with Gasteiger partial charge in [0.15, 0.2) is 5.69 Å². The summed E-state index contributed by atoms with van der Waals surface area (Å²) in [4.78, 5) is 28.0. The van der Waals surface area contributed by atoms with Crippen molar-refractivity contribution in [1.82, 2.24) is 14.6 Å². The summed E-state index contributed by atoms with van der Waals surface area (Å²) in [7, 11) is 0. The minimum atomic E-state index is -1.19. The third kappa shape index (κ3) is 4.84. The Labute approximate surface area is 201 Å². The first kappa shape index (κ1) is 22.2. The number of aromatic nitrogens is 3. The average Bonchev–Trinajstić information content (AvgIpc) is 3.34. The lowest BCUT2D eigenvalue weighted by Gasteiger charge is -2.12. The highest BCUT2D eigenvalue weighted by Gasteiger charge is 2.18. The molecule has 0 amide bonds. The molecule has 0 aliphatic heterocycles. The number of rotatable bonds is 8. The predicted octanol–water partition coefficient (Wildman–Crippen LogP) is 4.75. The van der Waals surface area contributed by atoms with Crippen molar-refractivity contribution in [3.8, 4) is 17.0 Å². The Balaban J connectivity index is 1.49. The number of carboxylic acid groups (broad SMARTS) is 1. The molecule has 35 heavy (non-hydrogen) atoms. The molecule has 5 rings (SSSR count). The van der Waals surface area contributed by atoms with Crippen LogP contribution in [0.1, 0.15) is 27.2 Å². The summed E-state index contributed by atoms with van der Waals surface area (Å²) in [5.41, 5.74) is 3.98. The van der Waals surface area contributed by atoms with E-state index in [1.807, 2.05) is 84.9 Å². The molecule has 0 fully saturated rings. The second-order valence-corrected chi connectivity index (χ2v) is 8.20. The highest BCUT2D eigenvalue weighted by Crippen LogP contribution is 2.25. The molecule has 0 atom stereocenters. The fraction of sp³-hybridized carbons (Fsp3) is 0.107. The lowest BCUT2D eigenvalue weighted by molar-refractivity contribution is 0.0690. The highest BCUT2D eigenvalue weighted by molar-refractivity contribution is 5.86. The Morgan fingerprint density at radius 1 is 0.886 bits per heavy atom. The molecule has 0 spiro atoms. The van der Waals surface area contributed by atoms with Crippen LogP contribution in [0, 0.1) is 0 Å². The second kappa shape index (κ2) is 9.69. The van der Waals surface area contributed by atoms with E-state index in [1.54, 1.807) is 0 Å². The van der Waals surface area contributed by atoms with Gasteiger partial charge in [0, 0.05) is 11.6 Å². The van der Waals surface area contributed by atoms with E-state index >= 15 is 0 Å². The van der Waals surface area contributed by atoms with Gasteiger partial charge in [0.05, 0.1) is 5.69 Å². The topological polar surface area (TPSA) is 96.7 Å². The van der Waals surface area contributed by atoms with Gasteiger partial charge in [-0.2, -0.15) is 9.61 Å². The normalized spacial score (nSPS) is 11.0. The number of carboxylic acids is 1. The molecule has 7 heteroatoms. The summed E-state index contributed by atoms with van der Waals surface area (Å²) in [6.07, 6.45) is 1.13. The van der Waals surface area contributed by atoms with Crippen molar-refractivity contribution in [1.29, 1.82) is 0 Å². The van der Waals surface area contributed by atoms with Gasteiger partial charge in [0.2, 0.25) is 0 Å². The predicted molar refractivity (Wildman–Crippen MR) is 133 cm³/mol. The van der Waals surface area contributed by atoms with Gasteiger partial charge in [-0.15, -0.1) is 0 Å². The van der Waals surface area contributed by atoms with E-state index in [0.29, 0.717) is 42.1 Å². The smallest absolute Gasteiger partial charge is 0.356 e. The number of aryl methyl sites for hydroxylation is 1. The molecular weight excluding hydrogens is 442 g/mol. The van der Waals surface area contributed by atoms with Crippen LogP contribution in [0.5, 0.6) is 5.75 Å². The fourth-order valence-corrected chi connectivity index (χ4v) is 4.02. The molecule has 0 unspecified atom stereocenters. The quantitative estimate of drug-likeness (QED) is 0.345. The maximum atomic E-state index is 13.4. The first-order chi connectivity index (χ1) is 17.1. The molecule has 0 aliphatic carbocycles. The lowest BCUT2D eigenvalue weighted by Crippen LogP contribution is -2.22. The lowest BCUT2D eigenvalue weighted by atomic mass is 10.0. The number of H-pyrrole nitrogens is 1. The minimum Gasteiger partial charge on any atom is -0.489 e. The Hall–Kier alpha value is -4.65. The van der Waals surface area contributed by atoms with Crippen molar-refractivity contribution in [3.63, 3.8) is 0 Å². The van der Waals surface area contributed by atoms with Crippen molar-refractivity contribution < 1.29 is 14.6 Å². The van der Waals surface area contributed by atoms with Gasteiger partial charge in [-0.25, -0.2) is 4.79 Å². The van der Waals surface area contributed by atoms with E-state index in [2.05, 4.69) is 10.1 Å². The first-order valence-corrected chi connectivity index (χ1v) is 11.3. The third-order valence-electron chi connectivity index (χ3n) is 5.83. The van der Waals surface area contributed by atoms with Crippen LogP contribution in [-0.4, -0.2) is 25.7 Å². The van der Waals surface area contributed by atoms with Gasteiger partial charge < -0.3 is 14.8 Å². The Kier molecular flexibility index (Phi) is 6.13. The van der Waals surface area contributed by atoms with Gasteiger partial charge in [-0.1, -0.05) is 60.7 Å². The molecule has 2 N–H and O–H groups in total. The van der Waals surface area contributed by atoms with Crippen molar-refractivity contribution in [2.24, 2.45) is 0 Å². The van der Waals surface area contributed by atoms with Crippen molar-refractivity contribution in [2.75, 3.05) is 0 Å². The molecule has 174 valence electrons. The third-order valence-corrected chi connectivity index (χ3v) is 5.83. The van der Waals surface area contributed by atoms with Crippen LogP contribution in [0.25, 0.3) is 16.9 Å². The zero-order valence-electron chi connectivity index (χ0n) is 18.8. The van der Waals surface area contributed by atoms with Crippen molar-refractivity contribution in [2.45, 2.75) is 19.4 Å². The summed E-state index contributed by atoms with van der Waals surface area (Å²) in [6, 6.07) is 28.7. The molecule has 3 aromatic carbocycles. The Bertz CT molecular complexity index is 1520. The minimum absolute atomic E-state index is 0.186. The number of aromatic amines is 1. The number of fused-ring (bicyclic) bond motifs is 1. The van der Waals surface area contributed by atoms with Gasteiger partial charge in [0.25, 0.3) is 5.56 Å². The summed E-state index contributed by atoms with van der Waals surface area (Å²) >= 11 is 0. The standard InChI is InChI=1S/C28H23N3O4/c32-27-23(16-11-19-7-3-1-4-8-19)26(29-25-17-24(28(33)34)30-31(25)27)21-12-14-22(15-13-21)35-18-20-9-5-2-6-10-20/h1-10,12-15,17,29H,11,16,18H2,(H,33,34). The average molecular weight is 466 g/mol. The summed E-state index contributed by atoms with van der Waals surface area (Å²) in [5.74, 6) is -0.474. The molecule has 0 aliphatic rings. The first-order valence-electron chi connectivity index (χ1n) is 11.3. The summed E-state index contributed by atoms with van der Waals surface area (Å²) < 4.78 is 7.02. The van der Waals surface area contributed by atoms with Crippen LogP contribution in [0.15, 0.2) is 95.8 Å². The number of nitrogens with zero attached hydrogens (tertiary/aromatic N) is 2. The van der Waals surface area contributed by atoms with E-state index in [4.69, 9.17) is 4.74 Å². The van der Waals surface area contributed by atoms with Crippen LogP contribution < -0.4 is 10.3 Å². The van der Waals surface area contributed by atoms with Gasteiger partial charge in [-0.05, 0) is 53.8 Å². The van der Waals surface area contributed by atoms with E-state index in [1.165, 1.54) is 6.07 Å². The molecule has 2 heterocycles. The van der Waals surface area contributed by atoms with Crippen LogP contribution in [0.4, 0.5) is 0 Å². The zero-order chi connectivity index (χ0) is 24.2. The number of nitrogens with one attached hydrogen (secondary N) is 1. The molecule has 0 saturated carbocycles. The van der Waals surface area contributed by atoms with Crippen LogP contribution in [-0.2, 0) is 19.4 Å². The molecule has 7 nitrogen and oxygen atoms in total. The van der Waals surface area contributed by atoms with Crippen LogP contribution in [0.3, 0.4) is 0 Å². The zero-order valence-corrected chi connectivity index (χ0v) is 18.8. The number of hydrogen-bond acceptors (Lipinski definition) is 4. The fourth-order valence-electron chi connectivity index (χ4n) is 4.02. The second-order valence-electron chi connectivity index (χ2n) is 8.20. The molecule has 0 bridgehead atoms. The summed E-state index contributed by atoms with van der Waals surface area (Å²) in [5, 5.41) is 13.3. The number of aromatic carboxylic acids is 1. The number of ether oxygens (including phenoxy) is 1. The SMILES string of the molecule is O=C(O)c1cc2[nH]c(-c3ccc(OCc4ccccc4)cc3)c(CCc3ccccc3)c(=O)n2n1. The molecule has 0 saturated heterocycles.